The first kappa shape index (κ1) is 21.2. The van der Waals surface area contributed by atoms with E-state index in [2.05, 4.69) is 54.5 Å². The van der Waals surface area contributed by atoms with Crippen molar-refractivity contribution in [2.45, 2.75) is 59.3 Å². The molecule has 0 aliphatic carbocycles. The number of hydrogen-bond acceptors (Lipinski definition) is 6. The third-order valence-electron chi connectivity index (χ3n) is 3.06. The van der Waals surface area contributed by atoms with Crippen molar-refractivity contribution in [3.8, 4) is 0 Å². The molecular weight excluding hydrogens is 335 g/mol. The lowest BCUT2D eigenvalue weighted by molar-refractivity contribution is 0.348. The molecule has 124 valence electrons. The fourth-order valence-electron chi connectivity index (χ4n) is 1.88. The van der Waals surface area contributed by atoms with E-state index in [0.717, 1.165) is 55.8 Å². The van der Waals surface area contributed by atoms with Gasteiger partial charge in [-0.3, -0.25) is 0 Å². The second-order valence-electron chi connectivity index (χ2n) is 4.82. The van der Waals surface area contributed by atoms with Crippen LogP contribution in [0.15, 0.2) is 0 Å². The van der Waals surface area contributed by atoms with Crippen LogP contribution in [-0.2, 0) is 16.5 Å². The molecule has 0 rings (SSSR count). The standard InChI is InChI=1S/C12H29O4PS3/c1-4-7-10-20(11-8-5-2,12-9-6-3)16-17(13,14-18)15-19/h18-19H,4-12H2,1-3H3. The molecule has 0 fully saturated rings. The van der Waals surface area contributed by atoms with Gasteiger partial charge in [-0.25, -0.2) is 16.5 Å². The van der Waals surface area contributed by atoms with E-state index < -0.39 is 18.1 Å². The van der Waals surface area contributed by atoms with E-state index in [1.54, 1.807) is 0 Å². The Kier molecular flexibility index (Phi) is 12.4. The molecule has 0 saturated heterocycles. The summed E-state index contributed by atoms with van der Waals surface area (Å²) in [7, 11) is -5.13. The molecule has 0 aliphatic rings. The molecule has 0 amide bonds. The van der Waals surface area contributed by atoms with Crippen LogP contribution >= 0.6 is 44.0 Å². The number of thiol groups is 2. The second kappa shape index (κ2) is 11.7. The van der Waals surface area contributed by atoms with E-state index in [4.69, 9.17) is 3.97 Å². The minimum Gasteiger partial charge on any atom is -0.236 e. The Morgan fingerprint density at radius 3 is 1.45 bits per heavy atom. The van der Waals surface area contributed by atoms with Gasteiger partial charge in [-0.15, -0.1) is 10.3 Å². The molecule has 4 nitrogen and oxygen atoms in total. The largest absolute Gasteiger partial charge is 0.506 e. The average molecular weight is 365 g/mol. The normalized spacial score (nSPS) is 13.7. The number of unbranched alkanes of at least 4 members (excludes halogenated alkanes) is 3. The molecule has 0 saturated carbocycles. The molecule has 0 aromatic rings. The maximum atomic E-state index is 12.3. The maximum absolute atomic E-state index is 12.3. The Labute approximate surface area is 137 Å². The molecule has 0 heterocycles. The predicted octanol–water partition coefficient (Wildman–Crippen LogP) is 5.95. The third-order valence-corrected chi connectivity index (χ3v) is 9.75. The monoisotopic (exact) mass is 364 g/mol. The smallest absolute Gasteiger partial charge is 0.236 e. The number of phosphoric acid groups is 1. The Bertz CT molecular complexity index is 262. The highest BCUT2D eigenvalue weighted by atomic mass is 32.3. The van der Waals surface area contributed by atoms with E-state index in [9.17, 15) is 4.57 Å². The zero-order chi connectivity index (χ0) is 15.5. The first-order valence-electron chi connectivity index (χ1n) is 7.25. The highest BCUT2D eigenvalue weighted by Crippen LogP contribution is 2.67. The molecule has 20 heavy (non-hydrogen) atoms. The van der Waals surface area contributed by atoms with E-state index in [1.165, 1.54) is 0 Å². The maximum Gasteiger partial charge on any atom is 0.506 e. The lowest BCUT2D eigenvalue weighted by atomic mass is 10.4. The number of hydrogen-bond donors (Lipinski definition) is 2. The van der Waals surface area contributed by atoms with Crippen LogP contribution in [0.1, 0.15) is 59.3 Å². The van der Waals surface area contributed by atoms with Crippen LogP contribution in [0.25, 0.3) is 0 Å². The van der Waals surface area contributed by atoms with Gasteiger partial charge in [0, 0.05) is 0 Å². The summed E-state index contributed by atoms with van der Waals surface area (Å²) in [6.07, 6.45) is 6.43. The molecule has 0 radical (unpaired) electrons. The molecule has 0 spiro atoms. The molecule has 0 unspecified atom stereocenters. The Morgan fingerprint density at radius 1 is 0.850 bits per heavy atom. The molecule has 0 bridgehead atoms. The Balaban J connectivity index is 5.05. The topological polar surface area (TPSA) is 44.8 Å². The van der Waals surface area contributed by atoms with Crippen molar-refractivity contribution in [3.63, 3.8) is 0 Å². The molecule has 0 atom stereocenters. The SMILES string of the molecule is CCCCS(CCCC)(CCCC)OP(=O)(OS)OS. The quantitative estimate of drug-likeness (QED) is 0.241. The van der Waals surface area contributed by atoms with Crippen molar-refractivity contribution in [2.75, 3.05) is 17.3 Å². The van der Waals surface area contributed by atoms with Crippen molar-refractivity contribution in [2.24, 2.45) is 0 Å². The predicted molar refractivity (Wildman–Crippen MR) is 95.7 cm³/mol. The van der Waals surface area contributed by atoms with Crippen molar-refractivity contribution < 1.29 is 16.5 Å². The first-order valence-corrected chi connectivity index (χ1v) is 11.5. The van der Waals surface area contributed by atoms with Crippen LogP contribution in [0.3, 0.4) is 0 Å². The third kappa shape index (κ3) is 7.97. The first-order chi connectivity index (χ1) is 9.51. The van der Waals surface area contributed by atoms with Gasteiger partial charge < -0.3 is 0 Å². The van der Waals surface area contributed by atoms with Gasteiger partial charge in [0.05, 0.1) is 0 Å². The molecule has 0 N–H and O–H groups in total. The van der Waals surface area contributed by atoms with Gasteiger partial charge in [0.1, 0.15) is 0 Å². The van der Waals surface area contributed by atoms with Gasteiger partial charge in [0.15, 0.2) is 0 Å². The van der Waals surface area contributed by atoms with Crippen LogP contribution in [0.2, 0.25) is 0 Å². The second-order valence-corrected chi connectivity index (χ2v) is 10.8. The van der Waals surface area contributed by atoms with Crippen LogP contribution in [0.5, 0.6) is 0 Å². The lowest BCUT2D eigenvalue weighted by Gasteiger charge is -2.40. The van der Waals surface area contributed by atoms with E-state index >= 15 is 0 Å². The van der Waals surface area contributed by atoms with Crippen molar-refractivity contribution in [1.29, 1.82) is 0 Å². The summed E-state index contributed by atoms with van der Waals surface area (Å²) < 4.78 is 27.4. The van der Waals surface area contributed by atoms with Crippen LogP contribution in [0, 0.1) is 0 Å². The zero-order valence-corrected chi connectivity index (χ0v) is 16.2. The summed E-state index contributed by atoms with van der Waals surface area (Å²) in [5.41, 5.74) is 0. The van der Waals surface area contributed by atoms with Gasteiger partial charge in [0.25, 0.3) is 0 Å². The van der Waals surface area contributed by atoms with Gasteiger partial charge >= 0.3 is 7.82 Å². The minimum atomic E-state index is -3.66. The van der Waals surface area contributed by atoms with Gasteiger partial charge in [0.2, 0.25) is 0 Å². The van der Waals surface area contributed by atoms with Gasteiger partial charge in [-0.05, 0) is 62.3 Å². The molecule has 0 aliphatic heterocycles. The van der Waals surface area contributed by atoms with Crippen LogP contribution < -0.4 is 0 Å². The van der Waals surface area contributed by atoms with Crippen molar-refractivity contribution >= 4 is 44.0 Å². The van der Waals surface area contributed by atoms with Crippen molar-refractivity contribution in [1.82, 2.24) is 0 Å². The van der Waals surface area contributed by atoms with Crippen LogP contribution in [-0.4, -0.2) is 17.3 Å². The van der Waals surface area contributed by atoms with Gasteiger partial charge in [-0.1, -0.05) is 40.0 Å². The van der Waals surface area contributed by atoms with E-state index in [1.807, 2.05) is 0 Å². The zero-order valence-electron chi connectivity index (χ0n) is 12.7. The summed E-state index contributed by atoms with van der Waals surface area (Å²) in [5, 5.41) is 0. The number of rotatable bonds is 13. The fourth-order valence-corrected chi connectivity index (χ4v) is 8.47. The summed E-state index contributed by atoms with van der Waals surface area (Å²) in [5.74, 6) is 2.80. The minimum absolute atomic E-state index is 0.932. The summed E-state index contributed by atoms with van der Waals surface area (Å²) in [6, 6.07) is 0. The molecule has 8 heteroatoms. The fraction of sp³-hybridized carbons (Fsp3) is 1.00. The molecule has 0 aromatic carbocycles. The highest BCUT2D eigenvalue weighted by Gasteiger charge is 2.36. The molecular formula is C12H29O4PS3. The van der Waals surface area contributed by atoms with Crippen molar-refractivity contribution in [3.05, 3.63) is 0 Å². The summed E-state index contributed by atoms with van der Waals surface area (Å²) in [4.78, 5) is 0. The van der Waals surface area contributed by atoms with Crippen LogP contribution in [0.4, 0.5) is 0 Å². The summed E-state index contributed by atoms with van der Waals surface area (Å²) >= 11 is 7.24. The van der Waals surface area contributed by atoms with Gasteiger partial charge in [-0.2, -0.15) is 0 Å². The molecule has 0 aromatic heterocycles. The Morgan fingerprint density at radius 2 is 1.20 bits per heavy atom. The average Bonchev–Trinajstić information content (AvgIpc) is 2.48. The highest BCUT2D eigenvalue weighted by molar-refractivity contribution is 8.31. The van der Waals surface area contributed by atoms with E-state index in [0.29, 0.717) is 0 Å². The Hall–Kier alpha value is 1.16. The lowest BCUT2D eigenvalue weighted by Crippen LogP contribution is -2.16. The summed E-state index contributed by atoms with van der Waals surface area (Å²) in [6.45, 7) is 6.44. The van der Waals surface area contributed by atoms with E-state index in [-0.39, 0.29) is 0 Å².